The van der Waals surface area contributed by atoms with Gasteiger partial charge in [-0.3, -0.25) is 19.5 Å². The molecule has 2 heterocycles. The van der Waals surface area contributed by atoms with Crippen molar-refractivity contribution in [3.8, 4) is 0 Å². The number of hydrogen-bond donors (Lipinski definition) is 2. The molecule has 6 nitrogen and oxygen atoms in total. The third kappa shape index (κ3) is 6.69. The molecule has 1 aromatic carbocycles. The minimum Gasteiger partial charge on any atom is -0.481 e. The molecule has 1 aromatic heterocycles. The highest BCUT2D eigenvalue weighted by Crippen LogP contribution is 2.39. The topological polar surface area (TPSA) is 82.5 Å². The van der Waals surface area contributed by atoms with E-state index in [1.165, 1.54) is 12.1 Å². The molecule has 1 amide bonds. The highest BCUT2D eigenvalue weighted by Gasteiger charge is 2.35. The van der Waals surface area contributed by atoms with Crippen molar-refractivity contribution in [3.63, 3.8) is 0 Å². The van der Waals surface area contributed by atoms with Gasteiger partial charge in [-0.05, 0) is 72.8 Å². The molecule has 37 heavy (non-hydrogen) atoms. The molecule has 1 fully saturated rings. The number of nitrogens with zero attached hydrogens (tertiary/aromatic N) is 2. The van der Waals surface area contributed by atoms with Crippen molar-refractivity contribution in [2.45, 2.75) is 71.3 Å². The van der Waals surface area contributed by atoms with Gasteiger partial charge in [-0.1, -0.05) is 26.0 Å². The summed E-state index contributed by atoms with van der Waals surface area (Å²) in [6.07, 6.45) is 1.04. The minimum atomic E-state index is -4.36. The fraction of sp³-hybridized carbons (Fsp3) is 0.536. The van der Waals surface area contributed by atoms with Gasteiger partial charge < -0.3 is 10.4 Å². The maximum absolute atomic E-state index is 12.9. The van der Waals surface area contributed by atoms with E-state index in [1.54, 1.807) is 6.20 Å². The molecule has 0 bridgehead atoms. The van der Waals surface area contributed by atoms with Crippen LogP contribution in [-0.4, -0.2) is 33.4 Å². The molecule has 0 spiro atoms. The summed E-state index contributed by atoms with van der Waals surface area (Å²) in [7, 11) is 0. The van der Waals surface area contributed by atoms with Crippen LogP contribution in [0.5, 0.6) is 0 Å². The third-order valence-corrected chi connectivity index (χ3v) is 7.59. The van der Waals surface area contributed by atoms with E-state index in [1.807, 2.05) is 6.07 Å². The Morgan fingerprint density at radius 2 is 1.76 bits per heavy atom. The molecular weight excluding hydrogens is 483 g/mol. The van der Waals surface area contributed by atoms with E-state index in [-0.39, 0.29) is 30.2 Å². The van der Waals surface area contributed by atoms with Crippen molar-refractivity contribution >= 4 is 11.9 Å². The zero-order valence-corrected chi connectivity index (χ0v) is 21.2. The quantitative estimate of drug-likeness (QED) is 0.461. The first-order chi connectivity index (χ1) is 17.5. The fourth-order valence-corrected chi connectivity index (χ4v) is 5.68. The summed E-state index contributed by atoms with van der Waals surface area (Å²) in [5.41, 5.74) is 2.51. The Hall–Kier alpha value is -2.94. The SMILES string of the molecule is CC(C)C1c2ncc(C(=O)NCC3CCC(CC(=O)O)CC3)cc2CN1Cc1ccc(C(F)(F)F)cc1. The van der Waals surface area contributed by atoms with Crippen molar-refractivity contribution in [3.05, 3.63) is 64.5 Å². The van der Waals surface area contributed by atoms with Crippen LogP contribution in [0.4, 0.5) is 13.2 Å². The monoisotopic (exact) mass is 517 g/mol. The van der Waals surface area contributed by atoms with Gasteiger partial charge in [0.05, 0.1) is 22.9 Å². The van der Waals surface area contributed by atoms with E-state index >= 15 is 0 Å². The van der Waals surface area contributed by atoms with Crippen LogP contribution in [0.3, 0.4) is 0 Å². The molecule has 1 aliphatic heterocycles. The molecular formula is C28H34F3N3O3. The Morgan fingerprint density at radius 3 is 2.35 bits per heavy atom. The Morgan fingerprint density at radius 1 is 1.11 bits per heavy atom. The number of alkyl halides is 3. The van der Waals surface area contributed by atoms with E-state index in [0.717, 1.165) is 54.6 Å². The number of benzene rings is 1. The average Bonchev–Trinajstić information content (AvgIpc) is 3.20. The zero-order chi connectivity index (χ0) is 26.7. The van der Waals surface area contributed by atoms with Gasteiger partial charge in [0.1, 0.15) is 0 Å². The molecule has 1 atom stereocenters. The zero-order valence-electron chi connectivity index (χ0n) is 21.2. The molecule has 0 saturated heterocycles. The number of aromatic nitrogens is 1. The van der Waals surface area contributed by atoms with Crippen LogP contribution in [0.15, 0.2) is 36.5 Å². The van der Waals surface area contributed by atoms with Gasteiger partial charge >= 0.3 is 12.1 Å². The van der Waals surface area contributed by atoms with Crippen LogP contribution in [0.1, 0.15) is 84.7 Å². The third-order valence-electron chi connectivity index (χ3n) is 7.59. The largest absolute Gasteiger partial charge is 0.481 e. The lowest BCUT2D eigenvalue weighted by molar-refractivity contribution is -0.139. The smallest absolute Gasteiger partial charge is 0.416 e. The van der Waals surface area contributed by atoms with Gasteiger partial charge in [0.2, 0.25) is 0 Å². The van der Waals surface area contributed by atoms with Gasteiger partial charge in [0, 0.05) is 32.3 Å². The number of hydrogen-bond acceptors (Lipinski definition) is 4. The number of pyridine rings is 1. The van der Waals surface area contributed by atoms with Crippen LogP contribution in [-0.2, 0) is 24.1 Å². The predicted octanol–water partition coefficient (Wildman–Crippen LogP) is 5.82. The number of carboxylic acids is 1. The van der Waals surface area contributed by atoms with Gasteiger partial charge in [0.25, 0.3) is 5.91 Å². The maximum atomic E-state index is 12.9. The Kier molecular flexibility index (Phi) is 8.21. The van der Waals surface area contributed by atoms with Gasteiger partial charge in [-0.2, -0.15) is 13.2 Å². The van der Waals surface area contributed by atoms with Crippen LogP contribution >= 0.6 is 0 Å². The van der Waals surface area contributed by atoms with E-state index < -0.39 is 17.7 Å². The van der Waals surface area contributed by atoms with E-state index in [0.29, 0.717) is 31.1 Å². The van der Waals surface area contributed by atoms with Gasteiger partial charge in [-0.15, -0.1) is 0 Å². The molecule has 2 aromatic rings. The van der Waals surface area contributed by atoms with E-state index in [2.05, 4.69) is 29.0 Å². The molecule has 1 aliphatic carbocycles. The molecule has 2 aliphatic rings. The van der Waals surface area contributed by atoms with Gasteiger partial charge in [0.15, 0.2) is 0 Å². The van der Waals surface area contributed by atoms with Crippen molar-refractivity contribution in [1.82, 2.24) is 15.2 Å². The number of carboxylic acid groups (broad SMARTS) is 1. The number of rotatable bonds is 8. The Balaban J connectivity index is 1.37. The summed E-state index contributed by atoms with van der Waals surface area (Å²) < 4.78 is 38.8. The second-order valence-corrected chi connectivity index (χ2v) is 10.8. The number of nitrogens with one attached hydrogen (secondary N) is 1. The highest BCUT2D eigenvalue weighted by molar-refractivity contribution is 5.94. The second-order valence-electron chi connectivity index (χ2n) is 10.8. The summed E-state index contributed by atoms with van der Waals surface area (Å²) in [5.74, 6) is -0.117. The summed E-state index contributed by atoms with van der Waals surface area (Å²) in [6.45, 7) is 5.80. The highest BCUT2D eigenvalue weighted by atomic mass is 19.4. The van der Waals surface area contributed by atoms with E-state index in [9.17, 15) is 22.8 Å². The fourth-order valence-electron chi connectivity index (χ4n) is 5.68. The maximum Gasteiger partial charge on any atom is 0.416 e. The summed E-state index contributed by atoms with van der Waals surface area (Å²) in [6, 6.07) is 7.15. The van der Waals surface area contributed by atoms with E-state index in [4.69, 9.17) is 5.11 Å². The number of halogens is 3. The number of aliphatic carboxylic acids is 1. The molecule has 4 rings (SSSR count). The molecule has 2 N–H and O–H groups in total. The lowest BCUT2D eigenvalue weighted by Gasteiger charge is -2.27. The normalized spacial score (nSPS) is 22.2. The lowest BCUT2D eigenvalue weighted by atomic mass is 9.80. The van der Waals surface area contributed by atoms with Crippen LogP contribution in [0.25, 0.3) is 0 Å². The summed E-state index contributed by atoms with van der Waals surface area (Å²) in [4.78, 5) is 30.6. The second kappa shape index (κ2) is 11.2. The molecule has 9 heteroatoms. The number of carbonyl (C=O) groups is 2. The first kappa shape index (κ1) is 27.1. The van der Waals surface area contributed by atoms with Gasteiger partial charge in [-0.25, -0.2) is 0 Å². The van der Waals surface area contributed by atoms with Crippen molar-refractivity contribution < 1.29 is 27.9 Å². The molecule has 1 unspecified atom stereocenters. The number of fused-ring (bicyclic) bond motifs is 1. The van der Waals surface area contributed by atoms with Crippen molar-refractivity contribution in [2.24, 2.45) is 17.8 Å². The van der Waals surface area contributed by atoms with Crippen LogP contribution in [0.2, 0.25) is 0 Å². The first-order valence-corrected chi connectivity index (χ1v) is 12.9. The molecule has 0 radical (unpaired) electrons. The first-order valence-electron chi connectivity index (χ1n) is 12.9. The van der Waals surface area contributed by atoms with Crippen molar-refractivity contribution in [1.29, 1.82) is 0 Å². The lowest BCUT2D eigenvalue weighted by Crippen LogP contribution is -2.31. The predicted molar refractivity (Wildman–Crippen MR) is 133 cm³/mol. The summed E-state index contributed by atoms with van der Waals surface area (Å²) in [5, 5.41) is 12.0. The molecule has 1 saturated carbocycles. The number of carbonyl (C=O) groups excluding carboxylic acids is 1. The Bertz CT molecular complexity index is 1110. The van der Waals surface area contributed by atoms with Crippen LogP contribution in [0, 0.1) is 17.8 Å². The standard InChI is InChI=1S/C28H34F3N3O3/c1-17(2)26-25-22(16-34(26)15-20-7-9-23(10-8-20)28(29,30)31)12-21(14-32-25)27(37)33-13-19-5-3-18(4-6-19)11-24(35)36/h7-10,12,14,17-19,26H,3-6,11,13,15-16H2,1-2H3,(H,33,37)(H,35,36). The summed E-state index contributed by atoms with van der Waals surface area (Å²) >= 11 is 0. The molecule has 200 valence electrons. The minimum absolute atomic E-state index is 0.00962. The van der Waals surface area contributed by atoms with Crippen LogP contribution < -0.4 is 5.32 Å². The average molecular weight is 518 g/mol. The number of amides is 1. The van der Waals surface area contributed by atoms with Crippen molar-refractivity contribution in [2.75, 3.05) is 6.54 Å². The Labute approximate surface area is 215 Å².